The van der Waals surface area contributed by atoms with E-state index >= 15 is 0 Å². The zero-order chi connectivity index (χ0) is 20.3. The summed E-state index contributed by atoms with van der Waals surface area (Å²) in [7, 11) is 0. The fourth-order valence-electron chi connectivity index (χ4n) is 2.95. The second-order valence-corrected chi connectivity index (χ2v) is 6.86. The van der Waals surface area contributed by atoms with Gasteiger partial charge < -0.3 is 4.57 Å². The normalized spacial score (nSPS) is 10.6. The minimum Gasteiger partial charge on any atom is -0.318 e. The number of amides is 2. The number of rotatable bonds is 4. The van der Waals surface area contributed by atoms with Crippen molar-refractivity contribution in [3.63, 3.8) is 0 Å². The van der Waals surface area contributed by atoms with Crippen LogP contribution >= 0.6 is 11.8 Å². The Hall–Kier alpha value is -3.13. The van der Waals surface area contributed by atoms with Gasteiger partial charge in [-0.1, -0.05) is 0 Å². The summed E-state index contributed by atoms with van der Waals surface area (Å²) in [5.74, 6) is -1.21. The number of benzene rings is 1. The highest BCUT2D eigenvalue weighted by molar-refractivity contribution is 7.98. The molecule has 0 fully saturated rings. The third-order valence-corrected chi connectivity index (χ3v) is 4.97. The van der Waals surface area contributed by atoms with Crippen LogP contribution in [0.3, 0.4) is 0 Å². The first kappa shape index (κ1) is 19.6. The maximum atomic E-state index is 13.2. The van der Waals surface area contributed by atoms with Crippen LogP contribution in [0.1, 0.15) is 32.1 Å². The van der Waals surface area contributed by atoms with Crippen molar-refractivity contribution in [1.29, 1.82) is 0 Å². The van der Waals surface area contributed by atoms with E-state index in [-0.39, 0.29) is 5.82 Å². The van der Waals surface area contributed by atoms with Crippen LogP contribution in [0.25, 0.3) is 5.69 Å². The van der Waals surface area contributed by atoms with Crippen molar-refractivity contribution in [2.75, 3.05) is 6.26 Å². The molecule has 3 rings (SSSR count). The molecule has 2 aromatic heterocycles. The van der Waals surface area contributed by atoms with E-state index in [9.17, 15) is 14.0 Å². The highest BCUT2D eigenvalue weighted by Gasteiger charge is 2.18. The summed E-state index contributed by atoms with van der Waals surface area (Å²) in [5, 5.41) is 0.573. The maximum absolute atomic E-state index is 13.2. The minimum atomic E-state index is -0.446. The van der Waals surface area contributed by atoms with Gasteiger partial charge in [0.2, 0.25) is 0 Å². The van der Waals surface area contributed by atoms with E-state index < -0.39 is 11.8 Å². The number of hydrogen-bond acceptors (Lipinski definition) is 4. The molecule has 0 atom stereocenters. The number of nitrogens with zero attached hydrogens (tertiary/aromatic N) is 2. The van der Waals surface area contributed by atoms with Crippen LogP contribution in [-0.4, -0.2) is 27.6 Å². The van der Waals surface area contributed by atoms with Crippen molar-refractivity contribution < 1.29 is 14.0 Å². The molecule has 0 bridgehead atoms. The number of hydrazine groups is 1. The first-order chi connectivity index (χ1) is 13.4. The monoisotopic (exact) mass is 398 g/mol. The topological polar surface area (TPSA) is 76.0 Å². The quantitative estimate of drug-likeness (QED) is 0.522. The summed E-state index contributed by atoms with van der Waals surface area (Å²) in [6.07, 6.45) is 3.42. The van der Waals surface area contributed by atoms with Crippen LogP contribution < -0.4 is 10.9 Å². The van der Waals surface area contributed by atoms with E-state index in [4.69, 9.17) is 0 Å². The van der Waals surface area contributed by atoms with E-state index in [1.165, 1.54) is 23.9 Å². The second-order valence-electron chi connectivity index (χ2n) is 6.07. The Morgan fingerprint density at radius 1 is 1.04 bits per heavy atom. The SMILES string of the molecule is CSc1ncccc1C(=O)NNC(=O)c1cc(C)n(-c2ccc(F)cc2)c1C. The van der Waals surface area contributed by atoms with Crippen LogP contribution in [0.15, 0.2) is 53.7 Å². The molecular formula is C20H19FN4O2S. The van der Waals surface area contributed by atoms with E-state index in [1.54, 1.807) is 43.5 Å². The van der Waals surface area contributed by atoms with Gasteiger partial charge in [-0.2, -0.15) is 0 Å². The Balaban J connectivity index is 1.77. The molecule has 2 amide bonds. The van der Waals surface area contributed by atoms with Crippen molar-refractivity contribution in [1.82, 2.24) is 20.4 Å². The number of aryl methyl sites for hydroxylation is 1. The molecule has 2 heterocycles. The van der Waals surface area contributed by atoms with Crippen molar-refractivity contribution in [3.8, 4) is 5.69 Å². The molecule has 0 spiro atoms. The van der Waals surface area contributed by atoms with Gasteiger partial charge in [0.05, 0.1) is 11.1 Å². The summed E-state index contributed by atoms with van der Waals surface area (Å²) in [6.45, 7) is 3.64. The molecule has 1 aromatic carbocycles. The highest BCUT2D eigenvalue weighted by Crippen LogP contribution is 2.21. The van der Waals surface area contributed by atoms with E-state index in [2.05, 4.69) is 15.8 Å². The molecule has 144 valence electrons. The lowest BCUT2D eigenvalue weighted by molar-refractivity contribution is 0.0844. The van der Waals surface area contributed by atoms with E-state index in [0.29, 0.717) is 21.8 Å². The standard InChI is InChI=1S/C20H19FN4O2S/c1-12-11-17(13(2)25(12)15-8-6-14(21)7-9-15)19(27)24-23-18(26)16-5-4-10-22-20(16)28-3/h4-11H,1-3H3,(H,23,26)(H,24,27). The number of thioether (sulfide) groups is 1. The Bertz CT molecular complexity index is 1030. The van der Waals surface area contributed by atoms with Crippen LogP contribution in [0.4, 0.5) is 4.39 Å². The molecule has 0 aliphatic carbocycles. The van der Waals surface area contributed by atoms with Crippen LogP contribution in [0.2, 0.25) is 0 Å². The predicted molar refractivity (Wildman–Crippen MR) is 106 cm³/mol. The highest BCUT2D eigenvalue weighted by atomic mass is 32.2. The fourth-order valence-corrected chi connectivity index (χ4v) is 3.50. The van der Waals surface area contributed by atoms with Gasteiger partial charge in [0.15, 0.2) is 0 Å². The zero-order valence-electron chi connectivity index (χ0n) is 15.6. The minimum absolute atomic E-state index is 0.327. The molecule has 3 aromatic rings. The maximum Gasteiger partial charge on any atom is 0.272 e. The van der Waals surface area contributed by atoms with Gasteiger partial charge in [0.1, 0.15) is 10.8 Å². The first-order valence-electron chi connectivity index (χ1n) is 8.47. The summed E-state index contributed by atoms with van der Waals surface area (Å²) in [6, 6.07) is 11.0. The zero-order valence-corrected chi connectivity index (χ0v) is 16.4. The van der Waals surface area contributed by atoms with Gasteiger partial charge >= 0.3 is 0 Å². The van der Waals surface area contributed by atoms with Gasteiger partial charge in [-0.3, -0.25) is 20.4 Å². The summed E-state index contributed by atoms with van der Waals surface area (Å²) in [4.78, 5) is 29.1. The lowest BCUT2D eigenvalue weighted by Crippen LogP contribution is -2.42. The Morgan fingerprint density at radius 3 is 2.32 bits per heavy atom. The molecule has 8 heteroatoms. The van der Waals surface area contributed by atoms with Gasteiger partial charge in [-0.25, -0.2) is 9.37 Å². The third kappa shape index (κ3) is 3.91. The number of hydrogen-bond donors (Lipinski definition) is 2. The predicted octanol–water partition coefficient (Wildman–Crippen LogP) is 3.42. The molecule has 0 unspecified atom stereocenters. The average molecular weight is 398 g/mol. The molecule has 6 nitrogen and oxygen atoms in total. The molecular weight excluding hydrogens is 379 g/mol. The smallest absolute Gasteiger partial charge is 0.272 e. The molecule has 0 radical (unpaired) electrons. The Morgan fingerprint density at radius 2 is 1.68 bits per heavy atom. The van der Waals surface area contributed by atoms with Crippen LogP contribution in [0, 0.1) is 19.7 Å². The van der Waals surface area contributed by atoms with E-state index in [1.807, 2.05) is 17.7 Å². The number of carbonyl (C=O) groups excluding carboxylic acids is 2. The number of aromatic nitrogens is 2. The number of nitrogens with one attached hydrogen (secondary N) is 2. The number of pyridine rings is 1. The Labute approximate surface area is 166 Å². The van der Waals surface area contributed by atoms with Crippen molar-refractivity contribution in [2.45, 2.75) is 18.9 Å². The van der Waals surface area contributed by atoms with Gasteiger partial charge in [-0.05, 0) is 62.6 Å². The molecule has 0 aliphatic rings. The average Bonchev–Trinajstić information content (AvgIpc) is 3.00. The first-order valence-corrected chi connectivity index (χ1v) is 9.69. The lowest BCUT2D eigenvalue weighted by Gasteiger charge is -2.11. The van der Waals surface area contributed by atoms with E-state index in [0.717, 1.165) is 11.4 Å². The summed E-state index contributed by atoms with van der Waals surface area (Å²) in [5.41, 5.74) is 7.91. The summed E-state index contributed by atoms with van der Waals surface area (Å²) >= 11 is 1.35. The number of carbonyl (C=O) groups is 2. The molecule has 2 N–H and O–H groups in total. The Kier molecular flexibility index (Phi) is 5.79. The largest absolute Gasteiger partial charge is 0.318 e. The van der Waals surface area contributed by atoms with Crippen molar-refractivity contribution in [2.24, 2.45) is 0 Å². The van der Waals surface area contributed by atoms with Crippen molar-refractivity contribution in [3.05, 3.63) is 77.0 Å². The van der Waals surface area contributed by atoms with Crippen LogP contribution in [0.5, 0.6) is 0 Å². The summed E-state index contributed by atoms with van der Waals surface area (Å²) < 4.78 is 15.0. The molecule has 0 aliphatic heterocycles. The fraction of sp³-hybridized carbons (Fsp3) is 0.150. The van der Waals surface area contributed by atoms with Gasteiger partial charge in [-0.15, -0.1) is 11.8 Å². The number of halogens is 1. The lowest BCUT2D eigenvalue weighted by atomic mass is 10.2. The van der Waals surface area contributed by atoms with Crippen molar-refractivity contribution >= 4 is 23.6 Å². The molecule has 0 saturated carbocycles. The molecule has 0 saturated heterocycles. The molecule has 28 heavy (non-hydrogen) atoms. The second kappa shape index (κ2) is 8.26. The van der Waals surface area contributed by atoms with Crippen LogP contribution in [-0.2, 0) is 0 Å². The van der Waals surface area contributed by atoms with Gasteiger partial charge in [0.25, 0.3) is 11.8 Å². The van der Waals surface area contributed by atoms with Gasteiger partial charge in [0, 0.05) is 23.3 Å². The third-order valence-electron chi connectivity index (χ3n) is 4.26.